The summed E-state index contributed by atoms with van der Waals surface area (Å²) in [4.78, 5) is 14.1. The van der Waals surface area contributed by atoms with E-state index >= 15 is 0 Å². The van der Waals surface area contributed by atoms with Crippen molar-refractivity contribution in [3.05, 3.63) is 33.9 Å². The van der Waals surface area contributed by atoms with Crippen LogP contribution in [0.1, 0.15) is 12.0 Å². The molecule has 1 heterocycles. The van der Waals surface area contributed by atoms with Crippen molar-refractivity contribution in [2.75, 3.05) is 32.1 Å². The van der Waals surface area contributed by atoms with Crippen molar-refractivity contribution < 1.29 is 18.1 Å². The Labute approximate surface area is 120 Å². The molecular weight excluding hydrogens is 287 g/mol. The Kier molecular flexibility index (Phi) is 4.08. The first kappa shape index (κ1) is 15.6. The number of nitrogens with zero attached hydrogens (tertiary/aromatic N) is 3. The molecule has 0 aliphatic carbocycles. The van der Waals surface area contributed by atoms with E-state index in [0.717, 1.165) is 12.5 Å². The highest BCUT2D eigenvalue weighted by atomic mass is 19.4. The number of rotatable bonds is 3. The summed E-state index contributed by atoms with van der Waals surface area (Å²) >= 11 is 0. The van der Waals surface area contributed by atoms with Crippen molar-refractivity contribution in [3.8, 4) is 0 Å². The SMILES string of the molecule is CN(C)C1CCN(c2ccc(C(F)(F)F)cc2[N+](=O)[O-])C1. The molecule has 0 spiro atoms. The van der Waals surface area contributed by atoms with Crippen LogP contribution in [-0.4, -0.2) is 43.0 Å². The van der Waals surface area contributed by atoms with E-state index in [2.05, 4.69) is 0 Å². The van der Waals surface area contributed by atoms with Gasteiger partial charge in [0.25, 0.3) is 5.69 Å². The summed E-state index contributed by atoms with van der Waals surface area (Å²) in [5.41, 5.74) is -1.25. The lowest BCUT2D eigenvalue weighted by molar-refractivity contribution is -0.384. The van der Waals surface area contributed by atoms with Crippen LogP contribution in [0, 0.1) is 10.1 Å². The number of halogens is 3. The average Bonchev–Trinajstić information content (AvgIpc) is 2.86. The van der Waals surface area contributed by atoms with Crippen molar-refractivity contribution in [1.29, 1.82) is 0 Å². The van der Waals surface area contributed by atoms with Gasteiger partial charge in [-0.05, 0) is 32.6 Å². The van der Waals surface area contributed by atoms with Crippen LogP contribution < -0.4 is 4.90 Å². The third kappa shape index (κ3) is 3.26. The zero-order chi connectivity index (χ0) is 15.8. The van der Waals surface area contributed by atoms with Gasteiger partial charge in [-0.2, -0.15) is 13.2 Å². The van der Waals surface area contributed by atoms with E-state index < -0.39 is 22.4 Å². The first-order valence-corrected chi connectivity index (χ1v) is 6.47. The number of likely N-dealkylation sites (N-methyl/N-ethyl adjacent to an activating group) is 1. The molecule has 0 saturated carbocycles. The molecule has 0 radical (unpaired) electrons. The van der Waals surface area contributed by atoms with Gasteiger partial charge < -0.3 is 9.80 Å². The van der Waals surface area contributed by atoms with Gasteiger partial charge in [-0.15, -0.1) is 0 Å². The second-order valence-corrected chi connectivity index (χ2v) is 5.31. The van der Waals surface area contributed by atoms with Gasteiger partial charge in [-0.3, -0.25) is 10.1 Å². The van der Waals surface area contributed by atoms with Gasteiger partial charge in [-0.1, -0.05) is 0 Å². The second kappa shape index (κ2) is 5.51. The lowest BCUT2D eigenvalue weighted by Crippen LogP contribution is -2.31. The summed E-state index contributed by atoms with van der Waals surface area (Å²) in [6.07, 6.45) is -3.76. The van der Waals surface area contributed by atoms with Gasteiger partial charge in [0.2, 0.25) is 0 Å². The first-order valence-electron chi connectivity index (χ1n) is 6.47. The van der Waals surface area contributed by atoms with E-state index in [-0.39, 0.29) is 11.7 Å². The number of hydrogen-bond donors (Lipinski definition) is 0. The molecule has 0 aromatic heterocycles. The van der Waals surface area contributed by atoms with Crippen molar-refractivity contribution in [1.82, 2.24) is 4.90 Å². The van der Waals surface area contributed by atoms with Crippen molar-refractivity contribution in [2.24, 2.45) is 0 Å². The number of alkyl halides is 3. The Morgan fingerprint density at radius 3 is 2.52 bits per heavy atom. The van der Waals surface area contributed by atoms with Gasteiger partial charge in [-0.25, -0.2) is 0 Å². The predicted molar refractivity (Wildman–Crippen MR) is 72.4 cm³/mol. The zero-order valence-corrected chi connectivity index (χ0v) is 11.7. The summed E-state index contributed by atoms with van der Waals surface area (Å²) < 4.78 is 38.0. The highest BCUT2D eigenvalue weighted by Gasteiger charge is 2.35. The molecule has 1 unspecified atom stereocenters. The monoisotopic (exact) mass is 303 g/mol. The fraction of sp³-hybridized carbons (Fsp3) is 0.538. The molecule has 1 saturated heterocycles. The lowest BCUT2D eigenvalue weighted by Gasteiger charge is -2.22. The predicted octanol–water partition coefficient (Wildman–Crippen LogP) is 2.75. The molecule has 1 aromatic carbocycles. The summed E-state index contributed by atoms with van der Waals surface area (Å²) in [5, 5.41) is 11.1. The Hall–Kier alpha value is -1.83. The molecule has 1 aliphatic heterocycles. The number of nitro benzene ring substituents is 1. The van der Waals surface area contributed by atoms with Crippen LogP contribution >= 0.6 is 0 Å². The number of hydrogen-bond acceptors (Lipinski definition) is 4. The lowest BCUT2D eigenvalue weighted by atomic mass is 10.1. The Morgan fingerprint density at radius 2 is 2.05 bits per heavy atom. The topological polar surface area (TPSA) is 49.6 Å². The smallest absolute Gasteiger partial charge is 0.364 e. The maximum atomic E-state index is 12.7. The van der Waals surface area contributed by atoms with E-state index in [1.54, 1.807) is 4.90 Å². The third-order valence-electron chi connectivity index (χ3n) is 3.73. The van der Waals surface area contributed by atoms with Crippen LogP contribution in [0.15, 0.2) is 18.2 Å². The van der Waals surface area contributed by atoms with Gasteiger partial charge in [0.15, 0.2) is 0 Å². The highest BCUT2D eigenvalue weighted by Crippen LogP contribution is 2.37. The van der Waals surface area contributed by atoms with Crippen LogP contribution in [0.4, 0.5) is 24.5 Å². The summed E-state index contributed by atoms with van der Waals surface area (Å²) in [7, 11) is 3.82. The average molecular weight is 303 g/mol. The Bertz CT molecular complexity index is 546. The van der Waals surface area contributed by atoms with Crippen LogP contribution in [0.2, 0.25) is 0 Å². The molecule has 1 atom stereocenters. The fourth-order valence-electron chi connectivity index (χ4n) is 2.50. The zero-order valence-electron chi connectivity index (χ0n) is 11.7. The number of benzene rings is 1. The molecule has 0 N–H and O–H groups in total. The molecule has 0 bridgehead atoms. The van der Waals surface area contributed by atoms with Crippen LogP contribution in [-0.2, 0) is 6.18 Å². The van der Waals surface area contributed by atoms with Crippen molar-refractivity contribution in [2.45, 2.75) is 18.6 Å². The van der Waals surface area contributed by atoms with E-state index in [0.29, 0.717) is 19.2 Å². The fourth-order valence-corrected chi connectivity index (χ4v) is 2.50. The van der Waals surface area contributed by atoms with E-state index in [9.17, 15) is 23.3 Å². The highest BCUT2D eigenvalue weighted by molar-refractivity contribution is 5.65. The maximum Gasteiger partial charge on any atom is 0.416 e. The first-order chi connectivity index (χ1) is 9.70. The normalized spacial score (nSPS) is 19.3. The molecule has 1 aliphatic rings. The third-order valence-corrected chi connectivity index (χ3v) is 3.73. The molecule has 2 rings (SSSR count). The summed E-state index contributed by atoms with van der Waals surface area (Å²) in [5.74, 6) is 0. The van der Waals surface area contributed by atoms with Crippen LogP contribution in [0.5, 0.6) is 0 Å². The quantitative estimate of drug-likeness (QED) is 0.636. The van der Waals surface area contributed by atoms with Gasteiger partial charge in [0.05, 0.1) is 10.5 Å². The van der Waals surface area contributed by atoms with E-state index in [1.165, 1.54) is 6.07 Å². The van der Waals surface area contributed by atoms with Crippen LogP contribution in [0.25, 0.3) is 0 Å². The van der Waals surface area contributed by atoms with Crippen molar-refractivity contribution in [3.63, 3.8) is 0 Å². The molecule has 8 heteroatoms. The summed E-state index contributed by atoms with van der Waals surface area (Å²) in [6, 6.07) is 2.94. The minimum absolute atomic E-state index is 0.242. The molecule has 116 valence electrons. The van der Waals surface area contributed by atoms with E-state index in [1.807, 2.05) is 19.0 Å². The Balaban J connectivity index is 2.34. The molecule has 21 heavy (non-hydrogen) atoms. The standard InChI is InChI=1S/C13H16F3N3O2/c1-17(2)10-5-6-18(8-10)11-4-3-9(13(14,15)16)7-12(11)19(20)21/h3-4,7,10H,5-6,8H2,1-2H3. The second-order valence-electron chi connectivity index (χ2n) is 5.31. The Morgan fingerprint density at radius 1 is 1.38 bits per heavy atom. The molecule has 1 aromatic rings. The molecule has 0 amide bonds. The minimum atomic E-state index is -4.58. The largest absolute Gasteiger partial charge is 0.416 e. The van der Waals surface area contributed by atoms with Crippen molar-refractivity contribution >= 4 is 11.4 Å². The van der Waals surface area contributed by atoms with Crippen LogP contribution in [0.3, 0.4) is 0 Å². The van der Waals surface area contributed by atoms with Gasteiger partial charge in [0.1, 0.15) is 5.69 Å². The summed E-state index contributed by atoms with van der Waals surface area (Å²) in [6.45, 7) is 1.16. The number of nitro groups is 1. The molecule has 1 fully saturated rings. The molecular formula is C13H16F3N3O2. The molecule has 5 nitrogen and oxygen atoms in total. The number of anilines is 1. The van der Waals surface area contributed by atoms with Gasteiger partial charge >= 0.3 is 6.18 Å². The maximum absolute atomic E-state index is 12.7. The minimum Gasteiger partial charge on any atom is -0.364 e. The van der Waals surface area contributed by atoms with E-state index in [4.69, 9.17) is 0 Å². The van der Waals surface area contributed by atoms with Gasteiger partial charge in [0, 0.05) is 25.2 Å².